The number of carbonyl (C=O) groups excluding carboxylic acids is 2. The average molecular weight is 626 g/mol. The van der Waals surface area contributed by atoms with E-state index in [1.807, 2.05) is 19.9 Å². The van der Waals surface area contributed by atoms with Gasteiger partial charge >= 0.3 is 12.4 Å². The number of halogens is 7. The van der Waals surface area contributed by atoms with Crippen LogP contribution in [0.3, 0.4) is 0 Å². The number of alkyl halides is 6. The average Bonchev–Trinajstić information content (AvgIpc) is 3.49. The van der Waals surface area contributed by atoms with Gasteiger partial charge in [0.15, 0.2) is 11.6 Å². The smallest absolute Gasteiger partial charge is 0.416 e. The highest BCUT2D eigenvalue weighted by molar-refractivity contribution is 6.22. The molecule has 2 aliphatic heterocycles. The minimum Gasteiger partial charge on any atom is -0.505 e. The van der Waals surface area contributed by atoms with Gasteiger partial charge in [-0.15, -0.1) is 0 Å². The number of phenols is 1. The Balaban J connectivity index is 1.41. The molecule has 0 saturated carbocycles. The molecule has 2 amide bonds. The molecule has 1 aliphatic carbocycles. The van der Waals surface area contributed by atoms with E-state index in [4.69, 9.17) is 4.74 Å². The van der Waals surface area contributed by atoms with Crippen LogP contribution in [0.4, 0.5) is 36.4 Å². The van der Waals surface area contributed by atoms with Gasteiger partial charge in [-0.1, -0.05) is 37.1 Å². The van der Waals surface area contributed by atoms with E-state index < -0.39 is 76.4 Å². The highest BCUT2D eigenvalue weighted by atomic mass is 19.4. The van der Waals surface area contributed by atoms with Crippen LogP contribution in [0.15, 0.2) is 53.1 Å². The maximum atomic E-state index is 13.8. The molecule has 0 radical (unpaired) electrons. The molecule has 1 N–H and O–H groups in total. The molecule has 0 spiro atoms. The molecule has 12 heteroatoms. The Morgan fingerprint density at radius 3 is 2.20 bits per heavy atom. The first-order valence-electron chi connectivity index (χ1n) is 14.3. The standard InChI is InChI=1S/C32H30F7NO4/c1-3-16(9-17-5-7-25(41)24(33)10-17)6-8-26-27-18(4-2)11-22-28(23(27)15-44-26)30(43)40(29(22)42)21-13-19(31(34,35)36)12-20(14-21)32(37,38)39/h5,7,9-10,12-14,22-23,26,28,41H,3-4,6,8,11,15H2,1-2H3/b16-9+/t22-,23+,26-,28-/m1/s1. The van der Waals surface area contributed by atoms with Crippen molar-refractivity contribution in [1.29, 1.82) is 0 Å². The first kappa shape index (κ1) is 31.7. The maximum Gasteiger partial charge on any atom is 0.416 e. The van der Waals surface area contributed by atoms with Crippen LogP contribution in [-0.2, 0) is 26.7 Å². The van der Waals surface area contributed by atoms with Gasteiger partial charge in [-0.25, -0.2) is 9.29 Å². The van der Waals surface area contributed by atoms with Crippen molar-refractivity contribution in [2.75, 3.05) is 11.5 Å². The summed E-state index contributed by atoms with van der Waals surface area (Å²) in [5.41, 5.74) is -0.648. The van der Waals surface area contributed by atoms with Crippen molar-refractivity contribution in [3.63, 3.8) is 0 Å². The van der Waals surface area contributed by atoms with E-state index in [0.717, 1.165) is 16.7 Å². The molecular formula is C32H30F7NO4. The molecule has 2 heterocycles. The molecule has 2 aromatic rings. The van der Waals surface area contributed by atoms with Crippen molar-refractivity contribution in [3.05, 3.63) is 75.6 Å². The molecule has 2 aromatic carbocycles. The molecule has 2 saturated heterocycles. The zero-order chi connectivity index (χ0) is 32.1. The van der Waals surface area contributed by atoms with Crippen LogP contribution < -0.4 is 4.90 Å². The van der Waals surface area contributed by atoms with E-state index in [1.54, 1.807) is 6.07 Å². The van der Waals surface area contributed by atoms with Gasteiger partial charge in [0.2, 0.25) is 11.8 Å². The first-order chi connectivity index (χ1) is 20.6. The number of aromatic hydroxyl groups is 1. The summed E-state index contributed by atoms with van der Waals surface area (Å²) in [5.74, 6) is -5.28. The minimum absolute atomic E-state index is 0.0387. The number of anilines is 1. The summed E-state index contributed by atoms with van der Waals surface area (Å²) in [7, 11) is 0. The van der Waals surface area contributed by atoms with Gasteiger partial charge in [0, 0.05) is 5.92 Å². The molecular weight excluding hydrogens is 595 g/mol. The summed E-state index contributed by atoms with van der Waals surface area (Å²) in [6.07, 6.45) is -6.42. The Kier molecular flexibility index (Phi) is 8.43. The monoisotopic (exact) mass is 625 g/mol. The van der Waals surface area contributed by atoms with Crippen LogP contribution >= 0.6 is 0 Å². The van der Waals surface area contributed by atoms with Gasteiger partial charge in [-0.3, -0.25) is 9.59 Å². The van der Waals surface area contributed by atoms with Gasteiger partial charge in [-0.05, 0) is 73.6 Å². The van der Waals surface area contributed by atoms with E-state index in [2.05, 4.69) is 0 Å². The lowest BCUT2D eigenvalue weighted by Crippen LogP contribution is -2.34. The number of amides is 2. The Hall–Kier alpha value is -3.67. The Morgan fingerprint density at radius 2 is 1.64 bits per heavy atom. The predicted octanol–water partition coefficient (Wildman–Crippen LogP) is 8.07. The van der Waals surface area contributed by atoms with Crippen molar-refractivity contribution in [2.24, 2.45) is 17.8 Å². The molecule has 5 nitrogen and oxygen atoms in total. The number of fused-ring (bicyclic) bond motifs is 3. The SMILES string of the molecule is CCC1=C2[C@@H](CC/C(=C/c3ccc(O)c(F)c3)CC)OC[C@@H]2[C@@H]2C(=O)N(c3cc(C(F)(F)F)cc(C(F)(F)F)c3)C(=O)[C@@H]2C1. The quantitative estimate of drug-likeness (QED) is 0.192. The van der Waals surface area contributed by atoms with Gasteiger partial charge in [0.1, 0.15) is 0 Å². The third-order valence-electron chi connectivity index (χ3n) is 8.79. The molecule has 5 rings (SSSR count). The second-order valence-electron chi connectivity index (χ2n) is 11.4. The number of carbonyl (C=O) groups is 2. The number of hydrogen-bond acceptors (Lipinski definition) is 4. The summed E-state index contributed by atoms with van der Waals surface area (Å²) in [6, 6.07) is 4.85. The summed E-state index contributed by atoms with van der Waals surface area (Å²) in [5, 5.41) is 9.45. The highest BCUT2D eigenvalue weighted by Gasteiger charge is 2.57. The van der Waals surface area contributed by atoms with Crippen LogP contribution in [-0.4, -0.2) is 29.6 Å². The third-order valence-corrected chi connectivity index (χ3v) is 8.79. The van der Waals surface area contributed by atoms with E-state index in [-0.39, 0.29) is 19.1 Å². The van der Waals surface area contributed by atoms with Crippen LogP contribution in [0.1, 0.15) is 62.6 Å². The Morgan fingerprint density at radius 1 is 0.977 bits per heavy atom. The van der Waals surface area contributed by atoms with Crippen molar-refractivity contribution < 1.29 is 50.2 Å². The van der Waals surface area contributed by atoms with Crippen LogP contribution in [0.2, 0.25) is 0 Å². The molecule has 0 bridgehead atoms. The van der Waals surface area contributed by atoms with Crippen LogP contribution in [0.25, 0.3) is 6.08 Å². The number of hydrogen-bond donors (Lipinski definition) is 1. The van der Waals surface area contributed by atoms with Crippen molar-refractivity contribution in [2.45, 2.75) is 64.4 Å². The fraction of sp³-hybridized carbons (Fsp3) is 0.438. The van der Waals surface area contributed by atoms with E-state index >= 15 is 0 Å². The summed E-state index contributed by atoms with van der Waals surface area (Å²) >= 11 is 0. The van der Waals surface area contributed by atoms with Crippen LogP contribution in [0.5, 0.6) is 5.75 Å². The molecule has 4 atom stereocenters. The number of allylic oxidation sites excluding steroid dienone is 2. The van der Waals surface area contributed by atoms with Gasteiger partial charge in [-0.2, -0.15) is 26.3 Å². The summed E-state index contributed by atoms with van der Waals surface area (Å²) < 4.78 is 101. The molecule has 3 aliphatic rings. The van der Waals surface area contributed by atoms with Crippen molar-refractivity contribution in [3.8, 4) is 5.75 Å². The number of ether oxygens (including phenoxy) is 1. The molecule has 44 heavy (non-hydrogen) atoms. The van der Waals surface area contributed by atoms with Crippen LogP contribution in [0, 0.1) is 23.6 Å². The number of phenolic OH excluding ortho intramolecular Hbond substituents is 1. The minimum atomic E-state index is -5.13. The second kappa shape index (κ2) is 11.7. The zero-order valence-electron chi connectivity index (χ0n) is 23.9. The summed E-state index contributed by atoms with van der Waals surface area (Å²) in [4.78, 5) is 27.7. The van der Waals surface area contributed by atoms with Crippen molar-refractivity contribution >= 4 is 23.6 Å². The van der Waals surface area contributed by atoms with Gasteiger partial charge in [0.05, 0.1) is 41.4 Å². The van der Waals surface area contributed by atoms with E-state index in [9.17, 15) is 45.4 Å². The molecule has 0 unspecified atom stereocenters. The fourth-order valence-corrected chi connectivity index (χ4v) is 6.65. The fourth-order valence-electron chi connectivity index (χ4n) is 6.65. The second-order valence-corrected chi connectivity index (χ2v) is 11.4. The highest BCUT2D eigenvalue weighted by Crippen LogP contribution is 2.52. The first-order valence-corrected chi connectivity index (χ1v) is 14.3. The molecule has 0 aromatic heterocycles. The van der Waals surface area contributed by atoms with Gasteiger partial charge < -0.3 is 9.84 Å². The zero-order valence-corrected chi connectivity index (χ0v) is 23.9. The topological polar surface area (TPSA) is 66.8 Å². The lowest BCUT2D eigenvalue weighted by molar-refractivity contribution is -0.143. The number of rotatable bonds is 7. The number of imide groups is 1. The summed E-state index contributed by atoms with van der Waals surface area (Å²) in [6.45, 7) is 3.91. The van der Waals surface area contributed by atoms with E-state index in [0.29, 0.717) is 48.3 Å². The maximum absolute atomic E-state index is 13.8. The Bertz CT molecular complexity index is 1510. The lowest BCUT2D eigenvalue weighted by atomic mass is 9.69. The number of benzene rings is 2. The van der Waals surface area contributed by atoms with Gasteiger partial charge in [0.25, 0.3) is 0 Å². The van der Waals surface area contributed by atoms with E-state index in [1.165, 1.54) is 12.1 Å². The number of nitrogens with zero attached hydrogens (tertiary/aromatic N) is 1. The largest absolute Gasteiger partial charge is 0.505 e. The molecule has 2 fully saturated rings. The third kappa shape index (κ3) is 5.88. The Labute approximate surface area is 249 Å². The molecule has 236 valence electrons. The van der Waals surface area contributed by atoms with Crippen molar-refractivity contribution in [1.82, 2.24) is 0 Å². The lowest BCUT2D eigenvalue weighted by Gasteiger charge is -2.31. The normalized spacial score (nSPS) is 24.3. The predicted molar refractivity (Wildman–Crippen MR) is 147 cm³/mol.